The summed E-state index contributed by atoms with van der Waals surface area (Å²) in [6, 6.07) is 7.15. The highest BCUT2D eigenvalue weighted by molar-refractivity contribution is 6.04. The first-order chi connectivity index (χ1) is 14.9. The molecule has 0 atom stereocenters. The Balaban J connectivity index is 1.60. The molecular formula is C25H30N2O4. The molecule has 0 amide bonds. The number of anilines is 1. The van der Waals surface area contributed by atoms with Gasteiger partial charge in [0.25, 0.3) is 0 Å². The minimum absolute atomic E-state index is 0.105. The molecule has 1 heterocycles. The van der Waals surface area contributed by atoms with Crippen LogP contribution in [0.3, 0.4) is 0 Å². The van der Waals surface area contributed by atoms with E-state index in [1.165, 1.54) is 25.3 Å². The van der Waals surface area contributed by atoms with E-state index in [9.17, 15) is 14.4 Å². The van der Waals surface area contributed by atoms with E-state index in [1.54, 1.807) is 26.0 Å². The number of aromatic amines is 1. The molecule has 6 heteroatoms. The Bertz CT molecular complexity index is 1020. The largest absolute Gasteiger partial charge is 0.454 e. The van der Waals surface area contributed by atoms with Gasteiger partial charge in [0.05, 0.1) is 11.3 Å². The third-order valence-electron chi connectivity index (χ3n) is 5.70. The quantitative estimate of drug-likeness (QED) is 0.330. The summed E-state index contributed by atoms with van der Waals surface area (Å²) in [4.78, 5) is 39.9. The number of aromatic nitrogens is 1. The number of hydrogen-bond acceptors (Lipinski definition) is 5. The molecule has 1 aromatic heterocycles. The highest BCUT2D eigenvalue weighted by atomic mass is 16.5. The van der Waals surface area contributed by atoms with Gasteiger partial charge in [-0.25, -0.2) is 4.79 Å². The number of carbonyl (C=O) groups excluding carboxylic acids is 3. The van der Waals surface area contributed by atoms with Crippen LogP contribution in [0.25, 0.3) is 0 Å². The van der Waals surface area contributed by atoms with Crippen molar-refractivity contribution in [2.24, 2.45) is 0 Å². The number of ketones is 2. The smallest absolute Gasteiger partial charge is 0.340 e. The molecule has 0 spiro atoms. The summed E-state index contributed by atoms with van der Waals surface area (Å²) in [7, 11) is 0. The van der Waals surface area contributed by atoms with Crippen LogP contribution < -0.4 is 5.32 Å². The predicted octanol–water partition coefficient (Wildman–Crippen LogP) is 5.18. The predicted molar refractivity (Wildman–Crippen MR) is 121 cm³/mol. The number of benzene rings is 1. The maximum Gasteiger partial charge on any atom is 0.340 e. The Labute approximate surface area is 183 Å². The number of nitrogens with one attached hydrogen (secondary N) is 2. The van der Waals surface area contributed by atoms with Gasteiger partial charge in [-0.05, 0) is 70.6 Å². The summed E-state index contributed by atoms with van der Waals surface area (Å²) in [6.07, 6.45) is 8.08. The van der Waals surface area contributed by atoms with E-state index < -0.39 is 12.6 Å². The second kappa shape index (κ2) is 10.2. The third-order valence-corrected chi connectivity index (χ3v) is 5.70. The van der Waals surface area contributed by atoms with E-state index in [0.717, 1.165) is 25.8 Å². The fourth-order valence-electron chi connectivity index (χ4n) is 4.14. The van der Waals surface area contributed by atoms with Crippen LogP contribution in [0.1, 0.15) is 81.5 Å². The molecule has 2 N–H and O–H groups in total. The number of allylic oxidation sites excluding steroid dienone is 1. The number of carbonyl (C=O) groups is 3. The number of para-hydroxylation sites is 1. The number of hydrogen-bond donors (Lipinski definition) is 2. The van der Waals surface area contributed by atoms with E-state index in [-0.39, 0.29) is 11.6 Å². The van der Waals surface area contributed by atoms with Crippen LogP contribution in [0.2, 0.25) is 0 Å². The fraction of sp³-hybridized carbons (Fsp3) is 0.400. The van der Waals surface area contributed by atoms with Gasteiger partial charge >= 0.3 is 5.97 Å². The molecule has 0 saturated carbocycles. The van der Waals surface area contributed by atoms with Crippen LogP contribution in [0.4, 0.5) is 5.69 Å². The van der Waals surface area contributed by atoms with Crippen molar-refractivity contribution in [3.63, 3.8) is 0 Å². The monoisotopic (exact) mass is 422 g/mol. The van der Waals surface area contributed by atoms with E-state index >= 15 is 0 Å². The van der Waals surface area contributed by atoms with E-state index in [1.807, 2.05) is 12.1 Å². The lowest BCUT2D eigenvalue weighted by atomic mass is 9.97. The summed E-state index contributed by atoms with van der Waals surface area (Å²) in [5, 5.41) is 3.32. The lowest BCUT2D eigenvalue weighted by molar-refractivity contribution is 0.0474. The molecule has 0 radical (unpaired) electrons. The summed E-state index contributed by atoms with van der Waals surface area (Å²) >= 11 is 0. The second-order valence-corrected chi connectivity index (χ2v) is 8.01. The topological polar surface area (TPSA) is 88.3 Å². The zero-order chi connectivity index (χ0) is 22.4. The van der Waals surface area contributed by atoms with Gasteiger partial charge in [-0.1, -0.05) is 23.8 Å². The van der Waals surface area contributed by atoms with Crippen LogP contribution >= 0.6 is 0 Å². The molecule has 2 aromatic rings. The summed E-state index contributed by atoms with van der Waals surface area (Å²) < 4.78 is 5.30. The number of Topliss-reactive ketones (excluding diaryl/α,β-unsaturated/α-hetero) is 2. The lowest BCUT2D eigenvalue weighted by Crippen LogP contribution is -2.17. The average molecular weight is 423 g/mol. The van der Waals surface area contributed by atoms with Gasteiger partial charge in [-0.2, -0.15) is 0 Å². The summed E-state index contributed by atoms with van der Waals surface area (Å²) in [5.41, 5.74) is 4.61. The first-order valence-corrected chi connectivity index (χ1v) is 10.8. The van der Waals surface area contributed by atoms with Crippen molar-refractivity contribution < 1.29 is 19.1 Å². The number of esters is 1. The maximum atomic E-state index is 12.6. The van der Waals surface area contributed by atoms with Gasteiger partial charge in [0.15, 0.2) is 12.4 Å². The zero-order valence-corrected chi connectivity index (χ0v) is 18.5. The molecule has 1 aromatic carbocycles. The van der Waals surface area contributed by atoms with Gasteiger partial charge in [0, 0.05) is 23.5 Å². The third kappa shape index (κ3) is 5.51. The highest BCUT2D eigenvalue weighted by Crippen LogP contribution is 2.22. The van der Waals surface area contributed by atoms with Gasteiger partial charge in [0.1, 0.15) is 0 Å². The normalized spacial score (nSPS) is 13.5. The number of H-pyrrole nitrogens is 1. The Morgan fingerprint density at radius 2 is 1.90 bits per heavy atom. The molecule has 31 heavy (non-hydrogen) atoms. The molecule has 0 aliphatic heterocycles. The minimum Gasteiger partial charge on any atom is -0.454 e. The van der Waals surface area contributed by atoms with Gasteiger partial charge in [-0.15, -0.1) is 0 Å². The van der Waals surface area contributed by atoms with Crippen LogP contribution in [0.15, 0.2) is 35.9 Å². The van der Waals surface area contributed by atoms with Crippen molar-refractivity contribution in [2.75, 3.05) is 18.5 Å². The van der Waals surface area contributed by atoms with Crippen molar-refractivity contribution in [3.8, 4) is 0 Å². The van der Waals surface area contributed by atoms with Crippen LogP contribution in [0.5, 0.6) is 0 Å². The van der Waals surface area contributed by atoms with Crippen molar-refractivity contribution in [1.82, 2.24) is 4.98 Å². The first-order valence-electron chi connectivity index (χ1n) is 10.8. The Kier molecular flexibility index (Phi) is 7.45. The zero-order valence-electron chi connectivity index (χ0n) is 18.5. The highest BCUT2D eigenvalue weighted by Gasteiger charge is 2.21. The SMILES string of the molecule is CC(=O)c1c(C)[nH]c(C(=O)COC(=O)c2ccccc2NCCC2=CCCCC2)c1C. The van der Waals surface area contributed by atoms with Crippen LogP contribution in [-0.4, -0.2) is 35.7 Å². The van der Waals surface area contributed by atoms with Gasteiger partial charge < -0.3 is 15.0 Å². The number of rotatable bonds is 9. The molecule has 0 bridgehead atoms. The Hall–Kier alpha value is -3.15. The van der Waals surface area contributed by atoms with Crippen molar-refractivity contribution >= 4 is 23.2 Å². The number of ether oxygens (including phenoxy) is 1. The molecule has 1 aliphatic carbocycles. The van der Waals surface area contributed by atoms with Gasteiger partial charge in [0.2, 0.25) is 5.78 Å². The van der Waals surface area contributed by atoms with E-state index in [4.69, 9.17) is 4.74 Å². The van der Waals surface area contributed by atoms with E-state index in [0.29, 0.717) is 33.8 Å². The van der Waals surface area contributed by atoms with Crippen molar-refractivity contribution in [1.29, 1.82) is 0 Å². The van der Waals surface area contributed by atoms with Gasteiger partial charge in [-0.3, -0.25) is 9.59 Å². The molecule has 6 nitrogen and oxygen atoms in total. The molecule has 0 unspecified atom stereocenters. The molecular weight excluding hydrogens is 392 g/mol. The van der Waals surface area contributed by atoms with Crippen LogP contribution in [-0.2, 0) is 4.74 Å². The Morgan fingerprint density at radius 3 is 2.58 bits per heavy atom. The summed E-state index contributed by atoms with van der Waals surface area (Å²) in [5.74, 6) is -1.02. The van der Waals surface area contributed by atoms with Crippen LogP contribution in [0, 0.1) is 13.8 Å². The maximum absolute atomic E-state index is 12.6. The second-order valence-electron chi connectivity index (χ2n) is 8.01. The molecule has 0 saturated heterocycles. The van der Waals surface area contributed by atoms with Crippen molar-refractivity contribution in [3.05, 3.63) is 64.0 Å². The standard InChI is InChI=1S/C25H30N2O4/c1-16-23(18(3)28)17(2)27-24(16)22(29)15-31-25(30)20-11-7-8-12-21(20)26-14-13-19-9-5-4-6-10-19/h7-9,11-12,26-27H,4-6,10,13-15H2,1-3H3. The fourth-order valence-corrected chi connectivity index (χ4v) is 4.14. The average Bonchev–Trinajstić information content (AvgIpc) is 3.07. The number of aryl methyl sites for hydroxylation is 1. The summed E-state index contributed by atoms with van der Waals surface area (Å²) in [6.45, 7) is 5.28. The molecule has 3 rings (SSSR count). The van der Waals surface area contributed by atoms with Crippen molar-refractivity contribution in [2.45, 2.75) is 52.9 Å². The molecule has 0 fully saturated rings. The minimum atomic E-state index is -0.555. The first kappa shape index (κ1) is 22.5. The van der Waals surface area contributed by atoms with E-state index in [2.05, 4.69) is 16.4 Å². The molecule has 164 valence electrons. The lowest BCUT2D eigenvalue weighted by Gasteiger charge is -2.15. The molecule has 1 aliphatic rings. The Morgan fingerprint density at radius 1 is 1.13 bits per heavy atom.